The lowest BCUT2D eigenvalue weighted by Crippen LogP contribution is -2.23. The van der Waals surface area contributed by atoms with E-state index in [1.54, 1.807) is 6.92 Å². The van der Waals surface area contributed by atoms with Gasteiger partial charge < -0.3 is 4.74 Å². The Bertz CT molecular complexity index is 982. The van der Waals surface area contributed by atoms with E-state index >= 15 is 0 Å². The molecule has 0 aromatic heterocycles. The molecule has 7 nitrogen and oxygen atoms in total. The summed E-state index contributed by atoms with van der Waals surface area (Å²) in [5, 5.41) is 24.7. The van der Waals surface area contributed by atoms with E-state index in [1.807, 2.05) is 6.07 Å². The Balaban J connectivity index is 2.54. The molecule has 12 heteroatoms. The molecule has 0 unspecified atom stereocenters. The van der Waals surface area contributed by atoms with Crippen molar-refractivity contribution in [3.8, 4) is 6.07 Å². The summed E-state index contributed by atoms with van der Waals surface area (Å²) in [6.07, 6.45) is -4.66. The van der Waals surface area contributed by atoms with Crippen molar-refractivity contribution in [1.29, 1.82) is 5.26 Å². The van der Waals surface area contributed by atoms with Gasteiger partial charge in [0.25, 0.3) is 5.69 Å². The average molecular weight is 461 g/mol. The summed E-state index contributed by atoms with van der Waals surface area (Å²) < 4.78 is 44.2. The Kier molecular flexibility index (Phi) is 7.61. The molecule has 0 fully saturated rings. The molecule has 0 saturated carbocycles. The first-order chi connectivity index (χ1) is 14.1. The summed E-state index contributed by atoms with van der Waals surface area (Å²) in [4.78, 5) is 10.2. The van der Waals surface area contributed by atoms with Gasteiger partial charge in [-0.25, -0.2) is 5.01 Å². The maximum atomic E-state index is 13.0. The van der Waals surface area contributed by atoms with Gasteiger partial charge in [0.15, 0.2) is 5.71 Å². The molecule has 2 rings (SSSR count). The highest BCUT2D eigenvalue weighted by Gasteiger charge is 2.32. The molecule has 0 aliphatic carbocycles. The topological polar surface area (TPSA) is 91.8 Å². The van der Waals surface area contributed by atoms with Crippen LogP contribution in [0.15, 0.2) is 41.5 Å². The van der Waals surface area contributed by atoms with Crippen molar-refractivity contribution < 1.29 is 22.8 Å². The van der Waals surface area contributed by atoms with Gasteiger partial charge >= 0.3 is 6.18 Å². The Morgan fingerprint density at radius 3 is 2.27 bits per heavy atom. The molecule has 2 aromatic rings. The van der Waals surface area contributed by atoms with Crippen LogP contribution in [0.1, 0.15) is 18.1 Å². The minimum atomic E-state index is -4.66. The second kappa shape index (κ2) is 9.75. The van der Waals surface area contributed by atoms with Gasteiger partial charge in [0, 0.05) is 24.3 Å². The summed E-state index contributed by atoms with van der Waals surface area (Å²) in [6, 6.07) is 8.22. The van der Waals surface area contributed by atoms with Gasteiger partial charge in [0.05, 0.1) is 26.2 Å². The van der Waals surface area contributed by atoms with Crippen molar-refractivity contribution in [2.45, 2.75) is 13.1 Å². The first-order valence-corrected chi connectivity index (χ1v) is 8.99. The van der Waals surface area contributed by atoms with Gasteiger partial charge in [0.1, 0.15) is 12.8 Å². The lowest BCUT2D eigenvalue weighted by Gasteiger charge is -2.22. The second-order valence-electron chi connectivity index (χ2n) is 5.67. The maximum Gasteiger partial charge on any atom is 0.416 e. The van der Waals surface area contributed by atoms with Crippen LogP contribution in [0.3, 0.4) is 0 Å². The number of rotatable bonds is 7. The lowest BCUT2D eigenvalue weighted by atomic mass is 10.1. The van der Waals surface area contributed by atoms with Crippen molar-refractivity contribution in [3.63, 3.8) is 0 Å². The number of nitrogens with zero attached hydrogens (tertiary/aromatic N) is 4. The van der Waals surface area contributed by atoms with Crippen LogP contribution >= 0.6 is 23.2 Å². The quantitative estimate of drug-likeness (QED) is 0.230. The summed E-state index contributed by atoms with van der Waals surface area (Å²) in [6.45, 7) is 1.65. The zero-order valence-electron chi connectivity index (χ0n) is 15.3. The number of benzene rings is 2. The third-order valence-corrected chi connectivity index (χ3v) is 4.27. The second-order valence-corrected chi connectivity index (χ2v) is 6.49. The molecule has 0 aliphatic rings. The zero-order chi connectivity index (χ0) is 22.5. The van der Waals surface area contributed by atoms with Gasteiger partial charge in [-0.2, -0.15) is 23.5 Å². The third kappa shape index (κ3) is 5.60. The molecule has 0 N–H and O–H groups in total. The summed E-state index contributed by atoms with van der Waals surface area (Å²) in [5.74, 6) is 0. The van der Waals surface area contributed by atoms with E-state index in [9.17, 15) is 28.5 Å². The molecule has 0 saturated heterocycles. The molecule has 0 spiro atoms. The standard InChI is InChI=1S/C18H13Cl2F3N4O3/c1-2-30-10-26(17-14(19)7-12(8-15(17)20)18(21,22)23)25-16(9-24)11-3-5-13(6-4-11)27(28)29/h3-8H,2,10H2,1H3/b25-16+. The van der Waals surface area contributed by atoms with Crippen molar-refractivity contribution in [1.82, 2.24) is 0 Å². The molecule has 0 amide bonds. The number of nitriles is 1. The van der Waals surface area contributed by atoms with Crippen LogP contribution < -0.4 is 5.01 Å². The lowest BCUT2D eigenvalue weighted by molar-refractivity contribution is -0.384. The Morgan fingerprint density at radius 1 is 1.27 bits per heavy atom. The molecule has 2 aromatic carbocycles. The minimum Gasteiger partial charge on any atom is -0.360 e. The molecule has 158 valence electrons. The highest BCUT2D eigenvalue weighted by Crippen LogP contribution is 2.40. The summed E-state index contributed by atoms with van der Waals surface area (Å²) >= 11 is 12.1. The minimum absolute atomic E-state index is 0.0885. The van der Waals surface area contributed by atoms with Gasteiger partial charge in [-0.1, -0.05) is 23.2 Å². The fourth-order valence-corrected chi connectivity index (χ4v) is 2.99. The molecule has 0 aliphatic heterocycles. The first-order valence-electron chi connectivity index (χ1n) is 8.23. The fraction of sp³-hybridized carbons (Fsp3) is 0.222. The van der Waals surface area contributed by atoms with Crippen LogP contribution in [0.2, 0.25) is 10.0 Å². The van der Waals surface area contributed by atoms with Crippen LogP contribution in [0, 0.1) is 21.4 Å². The molecule has 0 atom stereocenters. The number of alkyl halides is 3. The van der Waals surface area contributed by atoms with E-state index in [1.165, 1.54) is 24.3 Å². The van der Waals surface area contributed by atoms with Crippen LogP contribution in [-0.4, -0.2) is 24.0 Å². The maximum absolute atomic E-state index is 13.0. The van der Waals surface area contributed by atoms with Crippen molar-refractivity contribution in [2.75, 3.05) is 18.3 Å². The molecule has 0 heterocycles. The highest BCUT2D eigenvalue weighted by atomic mass is 35.5. The van der Waals surface area contributed by atoms with Gasteiger partial charge in [-0.3, -0.25) is 10.1 Å². The number of halogens is 5. The van der Waals surface area contributed by atoms with E-state index < -0.39 is 16.7 Å². The average Bonchev–Trinajstić information content (AvgIpc) is 2.68. The number of hydrogen-bond acceptors (Lipinski definition) is 6. The highest BCUT2D eigenvalue weighted by molar-refractivity contribution is 6.39. The predicted molar refractivity (Wildman–Crippen MR) is 106 cm³/mol. The van der Waals surface area contributed by atoms with E-state index in [0.717, 1.165) is 5.01 Å². The Labute approximate surface area is 179 Å². The number of anilines is 1. The van der Waals surface area contributed by atoms with E-state index in [0.29, 0.717) is 12.1 Å². The summed E-state index contributed by atoms with van der Waals surface area (Å²) in [5.41, 5.74) is -1.26. The van der Waals surface area contributed by atoms with Crippen LogP contribution in [-0.2, 0) is 10.9 Å². The SMILES string of the molecule is CCOCN(/N=C(\C#N)c1ccc([N+](=O)[O-])cc1)c1c(Cl)cc(C(F)(F)F)cc1Cl. The molecular weight excluding hydrogens is 448 g/mol. The number of non-ortho nitro benzene ring substituents is 1. The Morgan fingerprint density at radius 2 is 1.83 bits per heavy atom. The van der Waals surface area contributed by atoms with E-state index in [-0.39, 0.29) is 46.0 Å². The Hall–Kier alpha value is -2.87. The van der Waals surface area contributed by atoms with E-state index in [4.69, 9.17) is 27.9 Å². The largest absolute Gasteiger partial charge is 0.416 e. The van der Waals surface area contributed by atoms with E-state index in [2.05, 4.69) is 5.10 Å². The zero-order valence-corrected chi connectivity index (χ0v) is 16.8. The van der Waals surface area contributed by atoms with Gasteiger partial charge in [-0.05, 0) is 31.2 Å². The normalized spacial score (nSPS) is 11.8. The van der Waals surface area contributed by atoms with Crippen molar-refractivity contribution in [2.24, 2.45) is 5.10 Å². The number of ether oxygens (including phenoxy) is 1. The number of nitro groups is 1. The monoisotopic (exact) mass is 460 g/mol. The van der Waals surface area contributed by atoms with Crippen LogP contribution in [0.25, 0.3) is 0 Å². The van der Waals surface area contributed by atoms with Crippen LogP contribution in [0.4, 0.5) is 24.5 Å². The first kappa shape index (κ1) is 23.4. The predicted octanol–water partition coefficient (Wildman–Crippen LogP) is 5.65. The molecule has 0 bridgehead atoms. The number of hydrogen-bond donors (Lipinski definition) is 0. The summed E-state index contributed by atoms with van der Waals surface area (Å²) in [7, 11) is 0. The smallest absolute Gasteiger partial charge is 0.360 e. The molecular formula is C18H13Cl2F3N4O3. The van der Waals surface area contributed by atoms with Gasteiger partial charge in [0.2, 0.25) is 0 Å². The molecule has 30 heavy (non-hydrogen) atoms. The number of hydrazone groups is 1. The number of nitro benzene ring substituents is 1. The fourth-order valence-electron chi connectivity index (χ4n) is 2.30. The van der Waals surface area contributed by atoms with Crippen molar-refractivity contribution >= 4 is 40.3 Å². The molecule has 0 radical (unpaired) electrons. The van der Waals surface area contributed by atoms with Crippen molar-refractivity contribution in [3.05, 3.63) is 67.7 Å². The van der Waals surface area contributed by atoms with Gasteiger partial charge in [-0.15, -0.1) is 0 Å². The third-order valence-electron chi connectivity index (χ3n) is 3.70. The van der Waals surface area contributed by atoms with Crippen LogP contribution in [0.5, 0.6) is 0 Å².